The van der Waals surface area contributed by atoms with Gasteiger partial charge in [-0.05, 0) is 48.9 Å². The van der Waals surface area contributed by atoms with Crippen LogP contribution in [0, 0.1) is 0 Å². The number of nitrogens with one attached hydrogen (secondary N) is 1. The summed E-state index contributed by atoms with van der Waals surface area (Å²) >= 11 is 0. The SMILES string of the molecule is CCOc1cc(-c2ccc3[nH]c4ccccc4c3c2)cn2c(-c3cc(OC)c(OC)c(OC)c3)nnc12. The summed E-state index contributed by atoms with van der Waals surface area (Å²) in [5.41, 5.74) is 5.65. The molecule has 3 heterocycles. The van der Waals surface area contributed by atoms with Crippen molar-refractivity contribution in [2.24, 2.45) is 0 Å². The van der Waals surface area contributed by atoms with Crippen molar-refractivity contribution in [3.05, 3.63) is 66.9 Å². The number of benzene rings is 3. The van der Waals surface area contributed by atoms with Crippen LogP contribution in [0.5, 0.6) is 23.0 Å². The molecule has 8 heteroatoms. The van der Waals surface area contributed by atoms with Gasteiger partial charge in [0, 0.05) is 39.1 Å². The van der Waals surface area contributed by atoms with E-state index in [4.69, 9.17) is 18.9 Å². The number of pyridine rings is 1. The van der Waals surface area contributed by atoms with Crippen LogP contribution < -0.4 is 18.9 Å². The van der Waals surface area contributed by atoms with Gasteiger partial charge in [0.05, 0.1) is 27.9 Å². The Morgan fingerprint density at radius 1 is 0.730 bits per heavy atom. The molecule has 6 aromatic rings. The minimum Gasteiger partial charge on any atom is -0.493 e. The zero-order chi connectivity index (χ0) is 25.5. The normalized spacial score (nSPS) is 11.4. The predicted octanol–water partition coefficient (Wildman–Crippen LogP) is 6.12. The average Bonchev–Trinajstić information content (AvgIpc) is 3.53. The molecule has 0 saturated carbocycles. The van der Waals surface area contributed by atoms with Gasteiger partial charge in [0.2, 0.25) is 11.4 Å². The van der Waals surface area contributed by atoms with E-state index >= 15 is 0 Å². The lowest BCUT2D eigenvalue weighted by molar-refractivity contribution is 0.324. The first-order valence-corrected chi connectivity index (χ1v) is 12.0. The Hall–Kier alpha value is -4.72. The van der Waals surface area contributed by atoms with Gasteiger partial charge >= 0.3 is 0 Å². The van der Waals surface area contributed by atoms with E-state index in [2.05, 4.69) is 51.6 Å². The maximum absolute atomic E-state index is 6.00. The Morgan fingerprint density at radius 2 is 1.46 bits per heavy atom. The first-order chi connectivity index (χ1) is 18.1. The fourth-order valence-corrected chi connectivity index (χ4v) is 4.82. The molecule has 3 aromatic carbocycles. The zero-order valence-corrected chi connectivity index (χ0v) is 21.0. The summed E-state index contributed by atoms with van der Waals surface area (Å²) in [6, 6.07) is 20.5. The summed E-state index contributed by atoms with van der Waals surface area (Å²) in [5, 5.41) is 11.3. The van der Waals surface area contributed by atoms with Crippen LogP contribution in [0.1, 0.15) is 6.92 Å². The van der Waals surface area contributed by atoms with E-state index in [1.54, 1.807) is 21.3 Å². The summed E-state index contributed by atoms with van der Waals surface area (Å²) in [5.74, 6) is 2.89. The van der Waals surface area contributed by atoms with Crippen LogP contribution in [-0.4, -0.2) is 47.5 Å². The number of fused-ring (bicyclic) bond motifs is 4. The lowest BCUT2D eigenvalue weighted by Gasteiger charge is -2.14. The third kappa shape index (κ3) is 3.69. The van der Waals surface area contributed by atoms with Crippen molar-refractivity contribution in [1.29, 1.82) is 0 Å². The van der Waals surface area contributed by atoms with Gasteiger partial charge in [-0.25, -0.2) is 0 Å². The number of methoxy groups -OCH3 is 3. The fourth-order valence-electron chi connectivity index (χ4n) is 4.82. The van der Waals surface area contributed by atoms with Gasteiger partial charge in [0.25, 0.3) is 0 Å². The number of ether oxygens (including phenoxy) is 4. The highest BCUT2D eigenvalue weighted by Gasteiger charge is 2.20. The van der Waals surface area contributed by atoms with Crippen molar-refractivity contribution in [2.75, 3.05) is 27.9 Å². The maximum atomic E-state index is 6.00. The van der Waals surface area contributed by atoms with Gasteiger partial charge in [-0.3, -0.25) is 4.40 Å². The molecule has 0 fully saturated rings. The highest BCUT2D eigenvalue weighted by molar-refractivity contribution is 6.08. The van der Waals surface area contributed by atoms with Gasteiger partial charge in [-0.15, -0.1) is 10.2 Å². The second-order valence-corrected chi connectivity index (χ2v) is 8.59. The molecule has 0 spiro atoms. The van der Waals surface area contributed by atoms with Crippen LogP contribution in [0.4, 0.5) is 0 Å². The van der Waals surface area contributed by atoms with Crippen LogP contribution in [0.25, 0.3) is 50.0 Å². The first-order valence-electron chi connectivity index (χ1n) is 12.0. The minimum absolute atomic E-state index is 0.507. The quantitative estimate of drug-likeness (QED) is 0.288. The van der Waals surface area contributed by atoms with Gasteiger partial charge in [0.1, 0.15) is 0 Å². The Kier molecular flexibility index (Phi) is 5.56. The van der Waals surface area contributed by atoms with Gasteiger partial charge < -0.3 is 23.9 Å². The number of aromatic nitrogens is 4. The van der Waals surface area contributed by atoms with E-state index in [0.29, 0.717) is 41.1 Å². The highest BCUT2D eigenvalue weighted by Crippen LogP contribution is 2.41. The molecule has 1 N–H and O–H groups in total. The number of rotatable bonds is 7. The van der Waals surface area contributed by atoms with Crippen LogP contribution in [-0.2, 0) is 0 Å². The molecule has 0 bridgehead atoms. The minimum atomic E-state index is 0.507. The Bertz CT molecular complexity index is 1740. The molecule has 37 heavy (non-hydrogen) atoms. The van der Waals surface area contributed by atoms with Crippen molar-refractivity contribution in [2.45, 2.75) is 6.92 Å². The molecule has 0 aliphatic carbocycles. The molecule has 6 rings (SSSR count). The van der Waals surface area contributed by atoms with Crippen molar-refractivity contribution >= 4 is 27.5 Å². The second-order valence-electron chi connectivity index (χ2n) is 8.59. The molecule has 186 valence electrons. The second kappa shape index (κ2) is 9.05. The molecule has 8 nitrogen and oxygen atoms in total. The third-order valence-corrected chi connectivity index (χ3v) is 6.53. The van der Waals surface area contributed by atoms with E-state index in [9.17, 15) is 0 Å². The molecule has 0 amide bonds. The van der Waals surface area contributed by atoms with Crippen LogP contribution in [0.15, 0.2) is 66.9 Å². The smallest absolute Gasteiger partial charge is 0.203 e. The number of H-pyrrole nitrogens is 1. The number of para-hydroxylation sites is 1. The predicted molar refractivity (Wildman–Crippen MR) is 144 cm³/mol. The number of hydrogen-bond acceptors (Lipinski definition) is 6. The first kappa shape index (κ1) is 22.7. The van der Waals surface area contributed by atoms with E-state index in [1.807, 2.05) is 41.8 Å². The fraction of sp³-hybridized carbons (Fsp3) is 0.172. The average molecular weight is 495 g/mol. The summed E-state index contributed by atoms with van der Waals surface area (Å²) in [6.07, 6.45) is 2.03. The van der Waals surface area contributed by atoms with Crippen LogP contribution in [0.3, 0.4) is 0 Å². The van der Waals surface area contributed by atoms with E-state index < -0.39 is 0 Å². The van der Waals surface area contributed by atoms with Gasteiger partial charge in [-0.2, -0.15) is 0 Å². The molecule has 0 unspecified atom stereocenters. The van der Waals surface area contributed by atoms with Crippen LogP contribution in [0.2, 0.25) is 0 Å². The highest BCUT2D eigenvalue weighted by atomic mass is 16.5. The Labute approximate surface area is 213 Å². The summed E-state index contributed by atoms with van der Waals surface area (Å²) in [4.78, 5) is 3.49. The van der Waals surface area contributed by atoms with E-state index in [0.717, 1.165) is 27.7 Å². The summed E-state index contributed by atoms with van der Waals surface area (Å²) in [7, 11) is 4.77. The summed E-state index contributed by atoms with van der Waals surface area (Å²) in [6.45, 7) is 2.46. The van der Waals surface area contributed by atoms with Gasteiger partial charge in [0.15, 0.2) is 23.1 Å². The molecule has 3 aromatic heterocycles. The van der Waals surface area contributed by atoms with Crippen LogP contribution >= 0.6 is 0 Å². The van der Waals surface area contributed by atoms with Crippen molar-refractivity contribution < 1.29 is 18.9 Å². The third-order valence-electron chi connectivity index (χ3n) is 6.53. The number of aromatic amines is 1. The maximum Gasteiger partial charge on any atom is 0.203 e. The number of hydrogen-bond donors (Lipinski definition) is 1. The van der Waals surface area contributed by atoms with Crippen molar-refractivity contribution in [3.63, 3.8) is 0 Å². The topological polar surface area (TPSA) is 82.9 Å². The standard InChI is InChI=1S/C29H26N4O4/c1-5-37-26-15-19(17-10-11-23-21(12-17)20-8-6-7-9-22(20)30-23)16-33-28(31-32-29(26)33)18-13-24(34-2)27(36-4)25(14-18)35-3/h6-16,30H,5H2,1-4H3. The molecule has 0 aliphatic heterocycles. The Morgan fingerprint density at radius 3 is 2.19 bits per heavy atom. The van der Waals surface area contributed by atoms with E-state index in [-0.39, 0.29) is 0 Å². The lowest BCUT2D eigenvalue weighted by atomic mass is 10.0. The lowest BCUT2D eigenvalue weighted by Crippen LogP contribution is -1.99. The number of nitrogens with zero attached hydrogens (tertiary/aromatic N) is 3. The molecular formula is C29H26N4O4. The molecule has 0 aliphatic rings. The monoisotopic (exact) mass is 494 g/mol. The largest absolute Gasteiger partial charge is 0.493 e. The van der Waals surface area contributed by atoms with Crippen molar-refractivity contribution in [3.8, 4) is 45.5 Å². The Balaban J connectivity index is 1.57. The van der Waals surface area contributed by atoms with E-state index in [1.165, 1.54) is 10.8 Å². The molecule has 0 saturated heterocycles. The zero-order valence-electron chi connectivity index (χ0n) is 21.0. The molecule has 0 atom stereocenters. The molecular weight excluding hydrogens is 468 g/mol. The van der Waals surface area contributed by atoms with Gasteiger partial charge in [-0.1, -0.05) is 24.3 Å². The summed E-state index contributed by atoms with van der Waals surface area (Å²) < 4.78 is 24.6. The molecule has 0 radical (unpaired) electrons. The van der Waals surface area contributed by atoms with Crippen molar-refractivity contribution in [1.82, 2.24) is 19.6 Å².